The van der Waals surface area contributed by atoms with Gasteiger partial charge in [-0.05, 0) is 50.9 Å². The molecule has 0 heterocycles. The maximum absolute atomic E-state index is 11.1. The van der Waals surface area contributed by atoms with E-state index in [-0.39, 0.29) is 73.8 Å². The molecule has 0 aromatic rings. The van der Waals surface area contributed by atoms with Crippen molar-refractivity contribution in [3.8, 4) is 0 Å². The van der Waals surface area contributed by atoms with Crippen LogP contribution in [0.2, 0.25) is 0 Å². The standard InChI is InChI=1S/C26H54O.C21H40O2.2Na.2H2O4S.2H/c1-3-5-7-9-11-13-15-17-19-21-23-25-27-26-24-22-20-18-16-14-12-10-8-6-4-2;1-4-5-6-7-8-9-10-11-12-13-14-15-16-17-18-20(19(2)3)21(22)23;;;2*1-5(2,3)4;;/h3-26H2,1-2H3;11-12,19-20H,4-10,13-18H2,1-3H3,(H,22,23);;;2*(H2,1,2,3,4);;/q;;2*+1;;;2*-1. The van der Waals surface area contributed by atoms with Crippen molar-refractivity contribution in [1.29, 1.82) is 0 Å². The van der Waals surface area contributed by atoms with Gasteiger partial charge in [0.05, 0.1) is 5.92 Å². The Labute approximate surface area is 431 Å². The molecular formula is C47H100Na2O11S2. The second kappa shape index (κ2) is 59.9. The Kier molecular flexibility index (Phi) is 72.0. The Bertz CT molecular complexity index is 1040. The van der Waals surface area contributed by atoms with Crippen LogP contribution in [0.25, 0.3) is 0 Å². The van der Waals surface area contributed by atoms with Crippen molar-refractivity contribution in [2.24, 2.45) is 11.8 Å². The van der Waals surface area contributed by atoms with Crippen molar-refractivity contribution in [3.63, 3.8) is 0 Å². The van der Waals surface area contributed by atoms with E-state index < -0.39 is 26.8 Å². The second-order valence-corrected chi connectivity index (χ2v) is 18.6. The molecule has 0 aromatic heterocycles. The fourth-order valence-electron chi connectivity index (χ4n) is 6.84. The first-order valence-electron chi connectivity index (χ1n) is 24.4. The van der Waals surface area contributed by atoms with Gasteiger partial charge in [0.1, 0.15) is 0 Å². The van der Waals surface area contributed by atoms with E-state index in [1.165, 1.54) is 212 Å². The third-order valence-electron chi connectivity index (χ3n) is 10.4. The molecule has 368 valence electrons. The van der Waals surface area contributed by atoms with Crippen LogP contribution in [0.3, 0.4) is 0 Å². The fourth-order valence-corrected chi connectivity index (χ4v) is 6.84. The summed E-state index contributed by atoms with van der Waals surface area (Å²) in [4.78, 5) is 11.1. The van der Waals surface area contributed by atoms with Crippen LogP contribution in [0.5, 0.6) is 0 Å². The molecule has 1 unspecified atom stereocenters. The molecule has 0 saturated carbocycles. The minimum Gasteiger partial charge on any atom is -1.00 e. The van der Waals surface area contributed by atoms with E-state index in [1.54, 1.807) is 0 Å². The Balaban J connectivity index is -0.000000128. The van der Waals surface area contributed by atoms with Crippen LogP contribution in [-0.2, 0) is 30.3 Å². The van der Waals surface area contributed by atoms with Crippen LogP contribution in [-0.4, -0.2) is 59.3 Å². The molecular weight excluding hydrogens is 851 g/mol. The van der Waals surface area contributed by atoms with E-state index in [2.05, 4.69) is 32.9 Å². The number of hydrogen-bond donors (Lipinski definition) is 5. The normalized spacial score (nSPS) is 11.6. The van der Waals surface area contributed by atoms with Gasteiger partial charge >= 0.3 is 85.9 Å². The van der Waals surface area contributed by atoms with Gasteiger partial charge in [0.15, 0.2) is 0 Å². The number of ether oxygens (including phenoxy) is 1. The van der Waals surface area contributed by atoms with E-state index in [4.69, 9.17) is 44.9 Å². The van der Waals surface area contributed by atoms with Gasteiger partial charge in [-0.3, -0.25) is 23.0 Å². The predicted molar refractivity (Wildman–Crippen MR) is 255 cm³/mol. The van der Waals surface area contributed by atoms with Gasteiger partial charge in [0, 0.05) is 13.2 Å². The van der Waals surface area contributed by atoms with Crippen LogP contribution in [0.4, 0.5) is 0 Å². The number of allylic oxidation sites excluding steroid dienone is 2. The molecule has 5 N–H and O–H groups in total. The molecule has 0 aliphatic carbocycles. The summed E-state index contributed by atoms with van der Waals surface area (Å²) in [5, 5.41) is 9.14. The summed E-state index contributed by atoms with van der Waals surface area (Å²) in [5.41, 5.74) is 0. The molecule has 0 aromatic carbocycles. The van der Waals surface area contributed by atoms with Crippen molar-refractivity contribution in [1.82, 2.24) is 0 Å². The van der Waals surface area contributed by atoms with Crippen molar-refractivity contribution >= 4 is 26.8 Å². The molecule has 0 rings (SSSR count). The minimum atomic E-state index is -4.67. The van der Waals surface area contributed by atoms with Gasteiger partial charge in [-0.1, -0.05) is 227 Å². The van der Waals surface area contributed by atoms with Gasteiger partial charge in [-0.15, -0.1) is 0 Å². The smallest absolute Gasteiger partial charge is 1.00 e. The quantitative estimate of drug-likeness (QED) is 0.0170. The summed E-state index contributed by atoms with van der Waals surface area (Å²) in [6, 6.07) is 0. The van der Waals surface area contributed by atoms with Crippen molar-refractivity contribution in [2.45, 2.75) is 259 Å². The Morgan fingerprint density at radius 2 is 0.677 bits per heavy atom. The first-order chi connectivity index (χ1) is 28.5. The molecule has 0 aliphatic heterocycles. The van der Waals surface area contributed by atoms with E-state index in [0.29, 0.717) is 0 Å². The summed E-state index contributed by atoms with van der Waals surface area (Å²) < 4.78 is 69.0. The molecule has 0 radical (unpaired) electrons. The number of carboxylic acid groups (broad SMARTS) is 1. The zero-order valence-electron chi connectivity index (χ0n) is 43.5. The summed E-state index contributed by atoms with van der Waals surface area (Å²) in [5.74, 6) is -0.540. The summed E-state index contributed by atoms with van der Waals surface area (Å²) in [6.07, 6.45) is 52.0. The molecule has 15 heteroatoms. The fraction of sp³-hybridized carbons (Fsp3) is 0.936. The largest absolute Gasteiger partial charge is 1.00 e. The van der Waals surface area contributed by atoms with Crippen LogP contribution >= 0.6 is 0 Å². The third kappa shape index (κ3) is 91.4. The van der Waals surface area contributed by atoms with Crippen LogP contribution < -0.4 is 59.1 Å². The summed E-state index contributed by atoms with van der Waals surface area (Å²) in [6.45, 7) is 12.9. The van der Waals surface area contributed by atoms with Gasteiger partial charge in [0.2, 0.25) is 0 Å². The van der Waals surface area contributed by atoms with Gasteiger partial charge in [-0.25, -0.2) is 0 Å². The van der Waals surface area contributed by atoms with E-state index in [1.807, 2.05) is 13.8 Å². The van der Waals surface area contributed by atoms with Gasteiger partial charge in [-0.2, -0.15) is 16.8 Å². The monoisotopic (exact) mass is 951 g/mol. The summed E-state index contributed by atoms with van der Waals surface area (Å²) in [7, 11) is -9.33. The number of aliphatic carboxylic acids is 1. The molecule has 1 atom stereocenters. The van der Waals surface area contributed by atoms with Crippen LogP contribution in [0.1, 0.15) is 262 Å². The zero-order chi connectivity index (χ0) is 46.0. The maximum Gasteiger partial charge on any atom is 1.00 e. The predicted octanol–water partition coefficient (Wildman–Crippen LogP) is 9.54. The SMILES string of the molecule is CCCCCCCCC=CCCCCCCC(C(=O)O)C(C)C.CCCCCCCCCCCCCOCCCCCCCCCCCCC.O=S(=O)(O)O.O=S(=O)(O)O.[H-].[H-].[Na+].[Na+]. The molecule has 0 bridgehead atoms. The molecule has 62 heavy (non-hydrogen) atoms. The second-order valence-electron chi connectivity index (χ2n) is 16.8. The minimum absolute atomic E-state index is 0. The van der Waals surface area contributed by atoms with Crippen LogP contribution in [0.15, 0.2) is 12.2 Å². The molecule has 0 fully saturated rings. The van der Waals surface area contributed by atoms with Gasteiger partial charge in [0.25, 0.3) is 0 Å². The average Bonchev–Trinajstić information content (AvgIpc) is 3.15. The van der Waals surface area contributed by atoms with Crippen molar-refractivity contribution < 1.29 is 112 Å². The number of rotatable bonds is 40. The van der Waals surface area contributed by atoms with E-state index >= 15 is 0 Å². The average molecular weight is 951 g/mol. The number of hydrogen-bond acceptors (Lipinski definition) is 6. The number of unbranched alkanes of at least 4 members (excludes halogenated alkanes) is 30. The Morgan fingerprint density at radius 1 is 0.452 bits per heavy atom. The molecule has 0 amide bonds. The topological polar surface area (TPSA) is 196 Å². The first-order valence-corrected chi connectivity index (χ1v) is 27.2. The molecule has 0 aliphatic rings. The van der Waals surface area contributed by atoms with Crippen LogP contribution in [0, 0.1) is 11.8 Å². The molecule has 0 spiro atoms. The summed E-state index contributed by atoms with van der Waals surface area (Å²) >= 11 is 0. The zero-order valence-corrected chi connectivity index (χ0v) is 47.1. The van der Waals surface area contributed by atoms with E-state index in [0.717, 1.165) is 26.1 Å². The first kappa shape index (κ1) is 74.4. The molecule has 0 saturated heterocycles. The molecule has 11 nitrogen and oxygen atoms in total. The Hall–Kier alpha value is 0.910. The Morgan fingerprint density at radius 3 is 0.919 bits per heavy atom. The van der Waals surface area contributed by atoms with Gasteiger partial charge < -0.3 is 12.7 Å². The maximum atomic E-state index is 11.1. The number of carbonyl (C=O) groups is 1. The van der Waals surface area contributed by atoms with Crippen molar-refractivity contribution in [2.75, 3.05) is 13.2 Å². The number of carboxylic acids is 1. The van der Waals surface area contributed by atoms with E-state index in [9.17, 15) is 4.79 Å². The third-order valence-corrected chi connectivity index (χ3v) is 10.4. The van der Waals surface area contributed by atoms with Crippen molar-refractivity contribution in [3.05, 3.63) is 12.2 Å².